The number of hydrogen-bond acceptors (Lipinski definition) is 0. The molecule has 0 bridgehead atoms. The van der Waals surface area contributed by atoms with Crippen LogP contribution in [0, 0.1) is 0 Å². The van der Waals surface area contributed by atoms with Crippen LogP contribution in [-0.2, 0) is 0 Å². The molecule has 0 radical (unpaired) electrons. The molecule has 11 heavy (non-hydrogen) atoms. The van der Waals surface area contributed by atoms with Gasteiger partial charge in [-0.1, -0.05) is 29.2 Å². The summed E-state index contributed by atoms with van der Waals surface area (Å²) in [6.45, 7) is 3.40. The van der Waals surface area contributed by atoms with Crippen LogP contribution in [0.5, 0.6) is 0 Å². The van der Waals surface area contributed by atoms with Crippen molar-refractivity contribution in [2.75, 3.05) is 0 Å². The zero-order valence-corrected chi connectivity index (χ0v) is 8.60. The molecule has 0 aromatic heterocycles. The molecule has 1 aliphatic rings. The van der Waals surface area contributed by atoms with Gasteiger partial charge in [0.15, 0.2) is 0 Å². The molecule has 0 saturated heterocycles. The molecule has 0 aliphatic heterocycles. The molecule has 1 rings (SSSR count). The third-order valence-corrected chi connectivity index (χ3v) is 3.35. The molecule has 1 fully saturated rings. The molecule has 0 atom stereocenters. The molecule has 1 saturated carbocycles. The van der Waals surface area contributed by atoms with E-state index in [0.29, 0.717) is 16.8 Å². The van der Waals surface area contributed by atoms with Crippen LogP contribution in [0.15, 0.2) is 18.4 Å². The van der Waals surface area contributed by atoms with E-state index in [2.05, 4.69) is 34.9 Å². The van der Waals surface area contributed by atoms with E-state index < -0.39 is 5.67 Å². The first-order valence-electron chi connectivity index (χ1n) is 3.86. The van der Waals surface area contributed by atoms with Gasteiger partial charge in [-0.2, -0.15) is 0 Å². The van der Waals surface area contributed by atoms with Crippen molar-refractivity contribution in [3.05, 3.63) is 18.4 Å². The van der Waals surface area contributed by atoms with E-state index in [9.17, 15) is 4.39 Å². The van der Waals surface area contributed by atoms with Crippen molar-refractivity contribution in [3.63, 3.8) is 0 Å². The second kappa shape index (κ2) is 3.72. The van der Waals surface area contributed by atoms with Crippen LogP contribution in [0.3, 0.4) is 0 Å². The summed E-state index contributed by atoms with van der Waals surface area (Å²) in [4.78, 5) is 0. The van der Waals surface area contributed by atoms with Crippen molar-refractivity contribution in [3.8, 4) is 0 Å². The number of alkyl halides is 2. The van der Waals surface area contributed by atoms with Crippen molar-refractivity contribution in [1.82, 2.24) is 0 Å². The molecule has 0 spiro atoms. The molecule has 0 aromatic carbocycles. The lowest BCUT2D eigenvalue weighted by atomic mass is 9.86. The lowest BCUT2D eigenvalue weighted by Gasteiger charge is -2.28. The SMILES string of the molecule is C=C=CC1(F)CCC(I)CC1. The third-order valence-electron chi connectivity index (χ3n) is 2.11. The first-order chi connectivity index (χ1) is 5.16. The smallest absolute Gasteiger partial charge is 0.136 e. The molecule has 0 N–H and O–H groups in total. The fourth-order valence-electron chi connectivity index (χ4n) is 1.39. The van der Waals surface area contributed by atoms with Gasteiger partial charge >= 0.3 is 0 Å². The summed E-state index contributed by atoms with van der Waals surface area (Å²) < 4.78 is 14.2. The monoisotopic (exact) mass is 266 g/mol. The Morgan fingerprint density at radius 2 is 2.09 bits per heavy atom. The summed E-state index contributed by atoms with van der Waals surface area (Å²) in [5, 5.41) is 0. The minimum atomic E-state index is -1.09. The van der Waals surface area contributed by atoms with Crippen LogP contribution in [0.25, 0.3) is 0 Å². The summed E-state index contributed by atoms with van der Waals surface area (Å²) in [5.74, 6) is 0. The van der Waals surface area contributed by atoms with E-state index in [1.807, 2.05) is 0 Å². The highest BCUT2D eigenvalue weighted by molar-refractivity contribution is 14.1. The van der Waals surface area contributed by atoms with E-state index in [1.54, 1.807) is 0 Å². The Hall–Kier alpha value is 0.180. The van der Waals surface area contributed by atoms with E-state index in [1.165, 1.54) is 6.08 Å². The predicted molar refractivity (Wildman–Crippen MR) is 53.8 cm³/mol. The number of halogens is 2. The van der Waals surface area contributed by atoms with Crippen LogP contribution in [0.4, 0.5) is 4.39 Å². The topological polar surface area (TPSA) is 0 Å². The molecule has 0 nitrogen and oxygen atoms in total. The number of hydrogen-bond donors (Lipinski definition) is 0. The van der Waals surface area contributed by atoms with Gasteiger partial charge in [0.1, 0.15) is 5.67 Å². The maximum atomic E-state index is 13.6. The van der Waals surface area contributed by atoms with Gasteiger partial charge in [0.25, 0.3) is 0 Å². The highest BCUT2D eigenvalue weighted by Crippen LogP contribution is 2.35. The Morgan fingerprint density at radius 3 is 2.55 bits per heavy atom. The second-order valence-corrected chi connectivity index (χ2v) is 4.82. The Kier molecular flexibility index (Phi) is 3.14. The van der Waals surface area contributed by atoms with Crippen molar-refractivity contribution >= 4 is 22.6 Å². The zero-order chi connectivity index (χ0) is 8.32. The fourth-order valence-corrected chi connectivity index (χ4v) is 2.01. The number of rotatable bonds is 1. The molecule has 0 amide bonds. The fraction of sp³-hybridized carbons (Fsp3) is 0.667. The van der Waals surface area contributed by atoms with Gasteiger partial charge in [-0.05, 0) is 31.8 Å². The number of allylic oxidation sites excluding steroid dienone is 1. The molecule has 0 aromatic rings. The first-order valence-corrected chi connectivity index (χ1v) is 5.11. The van der Waals surface area contributed by atoms with Gasteiger partial charge in [0.05, 0.1) is 0 Å². The maximum absolute atomic E-state index is 13.6. The van der Waals surface area contributed by atoms with Crippen LogP contribution in [-0.4, -0.2) is 9.59 Å². The van der Waals surface area contributed by atoms with E-state index >= 15 is 0 Å². The van der Waals surface area contributed by atoms with Gasteiger partial charge < -0.3 is 0 Å². The predicted octanol–water partition coefficient (Wildman–Crippen LogP) is 3.41. The minimum absolute atomic E-state index is 0.642. The standard InChI is InChI=1S/C9H12FI/c1-2-5-9(10)6-3-8(11)4-7-9/h5,8H,1,3-4,6-7H2. The van der Waals surface area contributed by atoms with Gasteiger partial charge in [0.2, 0.25) is 0 Å². The van der Waals surface area contributed by atoms with Crippen molar-refractivity contribution < 1.29 is 4.39 Å². The molecular weight excluding hydrogens is 254 g/mol. The Balaban J connectivity index is 2.54. The minimum Gasteiger partial charge on any atom is -0.239 e. The Bertz CT molecular complexity index is 174. The summed E-state index contributed by atoms with van der Waals surface area (Å²) in [6.07, 6.45) is 4.73. The molecule has 1 aliphatic carbocycles. The lowest BCUT2D eigenvalue weighted by Crippen LogP contribution is -2.27. The quantitative estimate of drug-likeness (QED) is 0.387. The van der Waals surface area contributed by atoms with Crippen LogP contribution < -0.4 is 0 Å². The summed E-state index contributed by atoms with van der Waals surface area (Å²) in [7, 11) is 0. The molecule has 2 heteroatoms. The van der Waals surface area contributed by atoms with Gasteiger partial charge in [-0.3, -0.25) is 0 Å². The van der Waals surface area contributed by atoms with E-state index in [-0.39, 0.29) is 0 Å². The lowest BCUT2D eigenvalue weighted by molar-refractivity contribution is 0.168. The van der Waals surface area contributed by atoms with E-state index in [0.717, 1.165) is 12.8 Å². The van der Waals surface area contributed by atoms with Crippen molar-refractivity contribution in [1.29, 1.82) is 0 Å². The first kappa shape index (κ1) is 9.27. The van der Waals surface area contributed by atoms with Gasteiger partial charge in [-0.25, -0.2) is 4.39 Å². The largest absolute Gasteiger partial charge is 0.239 e. The highest BCUT2D eigenvalue weighted by atomic mass is 127. The molecule has 62 valence electrons. The highest BCUT2D eigenvalue weighted by Gasteiger charge is 2.31. The normalized spacial score (nSPS) is 37.8. The van der Waals surface area contributed by atoms with E-state index in [4.69, 9.17) is 0 Å². The van der Waals surface area contributed by atoms with Crippen LogP contribution >= 0.6 is 22.6 Å². The maximum Gasteiger partial charge on any atom is 0.136 e. The van der Waals surface area contributed by atoms with Crippen molar-refractivity contribution in [2.24, 2.45) is 0 Å². The van der Waals surface area contributed by atoms with Gasteiger partial charge in [0, 0.05) is 3.92 Å². The summed E-state index contributed by atoms with van der Waals surface area (Å²) >= 11 is 2.39. The Labute approximate surface area is 80.7 Å². The summed E-state index contributed by atoms with van der Waals surface area (Å²) in [6, 6.07) is 0. The summed E-state index contributed by atoms with van der Waals surface area (Å²) in [5.41, 5.74) is 1.45. The second-order valence-electron chi connectivity index (χ2n) is 3.06. The van der Waals surface area contributed by atoms with Crippen molar-refractivity contribution in [2.45, 2.75) is 35.3 Å². The molecule has 0 heterocycles. The zero-order valence-electron chi connectivity index (χ0n) is 6.45. The average molecular weight is 266 g/mol. The average Bonchev–Trinajstić information content (AvgIpc) is 1.97. The third kappa shape index (κ3) is 2.60. The van der Waals surface area contributed by atoms with Gasteiger partial charge in [-0.15, -0.1) is 5.73 Å². The molecule has 0 unspecified atom stereocenters. The Morgan fingerprint density at radius 1 is 1.55 bits per heavy atom. The van der Waals surface area contributed by atoms with Crippen LogP contribution in [0.1, 0.15) is 25.7 Å². The molecular formula is C9H12FI. The van der Waals surface area contributed by atoms with Crippen LogP contribution in [0.2, 0.25) is 0 Å².